The molecule has 7 heteroatoms. The highest BCUT2D eigenvalue weighted by molar-refractivity contribution is 8.14. The Morgan fingerprint density at radius 3 is 2.69 bits per heavy atom. The highest BCUT2D eigenvalue weighted by Crippen LogP contribution is 2.46. The lowest BCUT2D eigenvalue weighted by Gasteiger charge is -2.23. The standard InChI is InChI=1S/C19H21ClFN3OS/c1-11-22-18-16(17(26-11)14-9-8-12(21)10-15(14)20)19(25)23-24(18)13-6-4-2-3-5-7-13/h8-10,13,17H,2-7H2,1H3,(H,23,25)/t17-/m0/s1. The van der Waals surface area contributed by atoms with Gasteiger partial charge in [-0.15, -0.1) is 0 Å². The molecule has 2 heterocycles. The molecule has 1 aliphatic carbocycles. The molecule has 26 heavy (non-hydrogen) atoms. The lowest BCUT2D eigenvalue weighted by Crippen LogP contribution is -2.14. The quantitative estimate of drug-likeness (QED) is 0.660. The first-order valence-corrected chi connectivity index (χ1v) is 10.3. The summed E-state index contributed by atoms with van der Waals surface area (Å²) < 4.78 is 15.4. The predicted octanol–water partition coefficient (Wildman–Crippen LogP) is 5.75. The first kappa shape index (κ1) is 17.9. The summed E-state index contributed by atoms with van der Waals surface area (Å²) in [5.74, 6) is 0.332. The molecule has 1 aromatic heterocycles. The van der Waals surface area contributed by atoms with Gasteiger partial charge in [0.15, 0.2) is 5.82 Å². The van der Waals surface area contributed by atoms with Crippen LogP contribution >= 0.6 is 23.4 Å². The van der Waals surface area contributed by atoms with Crippen LogP contribution in [-0.4, -0.2) is 14.8 Å². The van der Waals surface area contributed by atoms with Gasteiger partial charge in [-0.25, -0.2) is 9.38 Å². The molecule has 0 spiro atoms. The van der Waals surface area contributed by atoms with Crippen LogP contribution in [0.3, 0.4) is 0 Å². The van der Waals surface area contributed by atoms with E-state index in [0.717, 1.165) is 23.4 Å². The predicted molar refractivity (Wildman–Crippen MR) is 105 cm³/mol. The van der Waals surface area contributed by atoms with Crippen LogP contribution in [0.2, 0.25) is 5.02 Å². The van der Waals surface area contributed by atoms with Crippen molar-refractivity contribution in [3.05, 3.63) is 50.5 Å². The van der Waals surface area contributed by atoms with Crippen molar-refractivity contribution < 1.29 is 4.39 Å². The first-order valence-electron chi connectivity index (χ1n) is 9.06. The summed E-state index contributed by atoms with van der Waals surface area (Å²) in [6.07, 6.45) is 6.95. The third-order valence-corrected chi connectivity index (χ3v) is 6.67. The molecule has 2 aromatic rings. The van der Waals surface area contributed by atoms with E-state index < -0.39 is 0 Å². The molecule has 1 N–H and O–H groups in total. The van der Waals surface area contributed by atoms with Crippen molar-refractivity contribution in [1.82, 2.24) is 9.78 Å². The van der Waals surface area contributed by atoms with Crippen molar-refractivity contribution in [3.8, 4) is 0 Å². The SMILES string of the molecule is CC1=Nc2c(c(=O)[nH]n2C2CCCCCC2)[C@H](c2ccc(F)cc2Cl)S1. The zero-order valence-electron chi connectivity index (χ0n) is 14.6. The molecule has 0 amide bonds. The van der Waals surface area contributed by atoms with Gasteiger partial charge >= 0.3 is 0 Å². The van der Waals surface area contributed by atoms with E-state index in [-0.39, 0.29) is 22.7 Å². The Balaban J connectivity index is 1.82. The molecule has 138 valence electrons. The van der Waals surface area contributed by atoms with Crippen LogP contribution in [0.15, 0.2) is 28.0 Å². The van der Waals surface area contributed by atoms with Gasteiger partial charge < -0.3 is 0 Å². The molecular weight excluding hydrogens is 373 g/mol. The maximum atomic E-state index is 13.5. The minimum absolute atomic E-state index is 0.126. The fraction of sp³-hybridized carbons (Fsp3) is 0.474. The zero-order valence-corrected chi connectivity index (χ0v) is 16.2. The molecule has 0 saturated heterocycles. The molecule has 1 aliphatic heterocycles. The summed E-state index contributed by atoms with van der Waals surface area (Å²) in [5, 5.41) is 3.97. The summed E-state index contributed by atoms with van der Waals surface area (Å²) in [6, 6.07) is 4.63. The van der Waals surface area contributed by atoms with Gasteiger partial charge in [0.2, 0.25) is 0 Å². The van der Waals surface area contributed by atoms with Gasteiger partial charge in [-0.3, -0.25) is 14.6 Å². The van der Waals surface area contributed by atoms with Gasteiger partial charge in [0, 0.05) is 5.02 Å². The molecule has 0 radical (unpaired) electrons. The van der Waals surface area contributed by atoms with Crippen LogP contribution in [-0.2, 0) is 0 Å². The normalized spacial score (nSPS) is 21.2. The van der Waals surface area contributed by atoms with Gasteiger partial charge in [-0.1, -0.05) is 55.1 Å². The number of nitrogens with zero attached hydrogens (tertiary/aromatic N) is 2. The van der Waals surface area contributed by atoms with Gasteiger partial charge in [0.1, 0.15) is 5.82 Å². The van der Waals surface area contributed by atoms with Gasteiger partial charge in [0.05, 0.1) is 21.9 Å². The second-order valence-electron chi connectivity index (χ2n) is 6.99. The number of aliphatic imine (C=N–C) groups is 1. The second kappa shape index (κ2) is 7.24. The Kier molecular flexibility index (Phi) is 4.97. The highest BCUT2D eigenvalue weighted by atomic mass is 35.5. The van der Waals surface area contributed by atoms with E-state index in [0.29, 0.717) is 16.4 Å². The molecule has 2 aliphatic rings. The maximum absolute atomic E-state index is 13.5. The number of hydrogen-bond acceptors (Lipinski definition) is 3. The van der Waals surface area contributed by atoms with Crippen LogP contribution in [0.25, 0.3) is 0 Å². The summed E-state index contributed by atoms with van der Waals surface area (Å²) in [5.41, 5.74) is 1.24. The van der Waals surface area contributed by atoms with Crippen LogP contribution in [0.4, 0.5) is 10.2 Å². The average Bonchev–Trinajstić information content (AvgIpc) is 2.77. The Labute approximate surface area is 160 Å². The van der Waals surface area contributed by atoms with Gasteiger partial charge in [-0.2, -0.15) is 0 Å². The molecule has 0 unspecified atom stereocenters. The lowest BCUT2D eigenvalue weighted by molar-refractivity contribution is 0.407. The Bertz CT molecular complexity index is 912. The van der Waals surface area contributed by atoms with Gasteiger partial charge in [-0.05, 0) is 37.5 Å². The maximum Gasteiger partial charge on any atom is 0.271 e. The number of aromatic nitrogens is 2. The summed E-state index contributed by atoms with van der Waals surface area (Å²) >= 11 is 7.78. The fourth-order valence-electron chi connectivity index (χ4n) is 3.92. The number of hydrogen-bond donors (Lipinski definition) is 1. The van der Waals surface area contributed by atoms with Crippen LogP contribution in [0.5, 0.6) is 0 Å². The average molecular weight is 394 g/mol. The van der Waals surface area contributed by atoms with Gasteiger partial charge in [0.25, 0.3) is 5.56 Å². The second-order valence-corrected chi connectivity index (χ2v) is 8.69. The molecule has 4 nitrogen and oxygen atoms in total. The van der Waals surface area contributed by atoms with Crippen molar-refractivity contribution in [1.29, 1.82) is 0 Å². The van der Waals surface area contributed by atoms with E-state index in [9.17, 15) is 9.18 Å². The Morgan fingerprint density at radius 2 is 2.00 bits per heavy atom. The molecule has 1 atom stereocenters. The van der Waals surface area contributed by atoms with E-state index in [1.165, 1.54) is 49.6 Å². The van der Waals surface area contributed by atoms with Crippen LogP contribution < -0.4 is 5.56 Å². The van der Waals surface area contributed by atoms with E-state index >= 15 is 0 Å². The first-order chi connectivity index (χ1) is 12.5. The largest absolute Gasteiger partial charge is 0.271 e. The Morgan fingerprint density at radius 1 is 1.27 bits per heavy atom. The summed E-state index contributed by atoms with van der Waals surface area (Å²) in [6.45, 7) is 1.94. The molecule has 1 aromatic carbocycles. The summed E-state index contributed by atoms with van der Waals surface area (Å²) in [4.78, 5) is 17.5. The van der Waals surface area contributed by atoms with E-state index in [1.54, 1.807) is 6.07 Å². The molecule has 4 rings (SSSR count). The van der Waals surface area contributed by atoms with Crippen molar-refractivity contribution in [2.75, 3.05) is 0 Å². The third kappa shape index (κ3) is 3.25. The smallest absolute Gasteiger partial charge is 0.268 e. The molecule has 1 fully saturated rings. The van der Waals surface area contributed by atoms with Crippen LogP contribution in [0.1, 0.15) is 67.9 Å². The number of benzene rings is 1. The Hall–Kier alpha value is -1.53. The van der Waals surface area contributed by atoms with Crippen molar-refractivity contribution in [2.45, 2.75) is 56.7 Å². The number of fused-ring (bicyclic) bond motifs is 1. The number of thioether (sulfide) groups is 1. The monoisotopic (exact) mass is 393 g/mol. The zero-order chi connectivity index (χ0) is 18.3. The number of nitrogens with one attached hydrogen (secondary N) is 1. The van der Waals surface area contributed by atoms with Crippen molar-refractivity contribution in [2.24, 2.45) is 4.99 Å². The number of rotatable bonds is 2. The third-order valence-electron chi connectivity index (χ3n) is 5.18. The minimum Gasteiger partial charge on any atom is -0.268 e. The summed E-state index contributed by atoms with van der Waals surface area (Å²) in [7, 11) is 0. The number of halogens is 2. The highest BCUT2D eigenvalue weighted by Gasteiger charge is 2.33. The van der Waals surface area contributed by atoms with Crippen molar-refractivity contribution in [3.63, 3.8) is 0 Å². The minimum atomic E-state index is -0.380. The van der Waals surface area contributed by atoms with Crippen molar-refractivity contribution >= 4 is 34.2 Å². The van der Waals surface area contributed by atoms with E-state index in [4.69, 9.17) is 11.6 Å². The molecule has 0 bridgehead atoms. The van der Waals surface area contributed by atoms with E-state index in [2.05, 4.69) is 10.1 Å². The van der Waals surface area contributed by atoms with E-state index in [1.807, 2.05) is 11.6 Å². The number of H-pyrrole nitrogens is 1. The number of aromatic amines is 1. The fourth-order valence-corrected chi connectivity index (χ4v) is 5.41. The lowest BCUT2D eigenvalue weighted by atomic mass is 10.1. The molecule has 1 saturated carbocycles. The van der Waals surface area contributed by atoms with Crippen LogP contribution in [0, 0.1) is 5.82 Å². The molecular formula is C19H21ClFN3OS. The topological polar surface area (TPSA) is 50.1 Å².